The fourth-order valence-electron chi connectivity index (χ4n) is 4.37. The monoisotopic (exact) mass is 579 g/mol. The van der Waals surface area contributed by atoms with Crippen LogP contribution < -0.4 is 0 Å². The first kappa shape index (κ1) is 36.2. The molecule has 1 aliphatic rings. The summed E-state index contributed by atoms with van der Waals surface area (Å²) in [6, 6.07) is -1.06. The molecule has 0 spiro atoms. The fourth-order valence-corrected chi connectivity index (χ4v) is 4.37. The summed E-state index contributed by atoms with van der Waals surface area (Å²) in [7, 11) is 0. The number of carbonyl (C=O) groups excluding carboxylic acids is 4. The number of allylic oxidation sites excluding steroid dienone is 2. The highest BCUT2D eigenvalue weighted by atomic mass is 16.6. The Morgan fingerprint density at radius 1 is 0.780 bits per heavy atom. The van der Waals surface area contributed by atoms with E-state index in [0.717, 1.165) is 5.57 Å². The van der Waals surface area contributed by atoms with Gasteiger partial charge in [-0.05, 0) is 96.9 Å². The number of rotatable bonds is 7. The first-order valence-electron chi connectivity index (χ1n) is 14.3. The van der Waals surface area contributed by atoms with E-state index < -0.39 is 58.3 Å². The molecule has 9 nitrogen and oxygen atoms in total. The molecule has 4 atom stereocenters. The highest BCUT2D eigenvalue weighted by Crippen LogP contribution is 2.39. The molecule has 1 fully saturated rings. The summed E-state index contributed by atoms with van der Waals surface area (Å²) in [4.78, 5) is 53.7. The number of ether oxygens (including phenoxy) is 4. The van der Waals surface area contributed by atoms with Crippen LogP contribution in [0.4, 0.5) is 4.79 Å². The third-order valence-electron chi connectivity index (χ3n) is 5.87. The van der Waals surface area contributed by atoms with Crippen LogP contribution in [0, 0.1) is 17.8 Å². The lowest BCUT2D eigenvalue weighted by Gasteiger charge is -2.31. The van der Waals surface area contributed by atoms with Crippen molar-refractivity contribution in [3.63, 3.8) is 0 Å². The molecule has 1 aliphatic heterocycles. The summed E-state index contributed by atoms with van der Waals surface area (Å²) in [5.41, 5.74) is -2.09. The van der Waals surface area contributed by atoms with Crippen LogP contribution in [0.1, 0.15) is 103 Å². The van der Waals surface area contributed by atoms with Gasteiger partial charge in [0.15, 0.2) is 0 Å². The van der Waals surface area contributed by atoms with Gasteiger partial charge in [0.05, 0.1) is 12.3 Å². The fraction of sp³-hybridized carbons (Fsp3) is 0.750. The zero-order chi connectivity index (χ0) is 32.1. The summed E-state index contributed by atoms with van der Waals surface area (Å²) in [6.07, 6.45) is 4.55. The summed E-state index contributed by atoms with van der Waals surface area (Å²) in [6.45, 7) is 25.0. The van der Waals surface area contributed by atoms with Crippen LogP contribution in [-0.2, 0) is 33.3 Å². The Bertz CT molecular complexity index is 1010. The van der Waals surface area contributed by atoms with Crippen molar-refractivity contribution in [2.24, 2.45) is 17.8 Å². The number of nitrogens with zero attached hydrogens (tertiary/aromatic N) is 1. The predicted molar refractivity (Wildman–Crippen MR) is 158 cm³/mol. The molecule has 41 heavy (non-hydrogen) atoms. The summed E-state index contributed by atoms with van der Waals surface area (Å²) < 4.78 is 22.4. The van der Waals surface area contributed by atoms with Gasteiger partial charge in [-0.3, -0.25) is 14.5 Å². The Balaban J connectivity index is 3.49. The maximum Gasteiger partial charge on any atom is 0.411 e. The van der Waals surface area contributed by atoms with Crippen molar-refractivity contribution in [3.8, 4) is 0 Å². The smallest absolute Gasteiger partial charge is 0.411 e. The largest absolute Gasteiger partial charge is 0.460 e. The van der Waals surface area contributed by atoms with Gasteiger partial charge in [0.1, 0.15) is 28.4 Å². The van der Waals surface area contributed by atoms with E-state index >= 15 is 0 Å². The SMILES string of the molecule is C/C(=C\C=C\[C@@H](C)C(=O)OC(C)(C)C)[C@H]1CN(C(=O)OC(C)(C)C)[C@H](C(=O)OC(C)(C)C)[C@H]1CC(=O)OC(C)(C)C. The van der Waals surface area contributed by atoms with Crippen LogP contribution in [-0.4, -0.2) is 63.9 Å². The standard InChI is InChI=1S/C32H53NO8/c1-20(16-15-17-21(2)26(35)39-30(6,7)8)23-19-33(28(37)41-32(12,13)14)25(27(36)40-31(9,10)11)22(23)18-24(34)38-29(3,4)5/h15-17,21-23,25H,18-19H2,1-14H3/b17-15+,20-16+/t21-,22+,23-,25+/m1/s1. The van der Waals surface area contributed by atoms with Gasteiger partial charge in [-0.2, -0.15) is 0 Å². The van der Waals surface area contributed by atoms with Gasteiger partial charge in [0.2, 0.25) is 0 Å². The highest BCUT2D eigenvalue weighted by molar-refractivity contribution is 5.84. The van der Waals surface area contributed by atoms with Crippen LogP contribution in [0.25, 0.3) is 0 Å². The molecular formula is C32H53NO8. The molecule has 0 saturated carbocycles. The highest BCUT2D eigenvalue weighted by Gasteiger charge is 2.51. The van der Waals surface area contributed by atoms with Crippen LogP contribution in [0.2, 0.25) is 0 Å². The van der Waals surface area contributed by atoms with Crippen molar-refractivity contribution >= 4 is 24.0 Å². The van der Waals surface area contributed by atoms with E-state index in [2.05, 4.69) is 0 Å². The van der Waals surface area contributed by atoms with Crippen molar-refractivity contribution in [3.05, 3.63) is 23.8 Å². The van der Waals surface area contributed by atoms with Gasteiger partial charge in [0, 0.05) is 18.4 Å². The molecule has 0 radical (unpaired) electrons. The first-order valence-corrected chi connectivity index (χ1v) is 14.3. The van der Waals surface area contributed by atoms with Crippen LogP contribution in [0.5, 0.6) is 0 Å². The van der Waals surface area contributed by atoms with Gasteiger partial charge in [-0.15, -0.1) is 0 Å². The number of hydrogen-bond acceptors (Lipinski definition) is 8. The molecule has 9 heteroatoms. The first-order chi connectivity index (χ1) is 18.3. The van der Waals surface area contributed by atoms with Crippen LogP contribution in [0.15, 0.2) is 23.8 Å². The van der Waals surface area contributed by atoms with E-state index in [1.165, 1.54) is 4.90 Å². The molecule has 0 N–H and O–H groups in total. The van der Waals surface area contributed by atoms with E-state index in [9.17, 15) is 19.2 Å². The quantitative estimate of drug-likeness (QED) is 0.194. The number of carbonyl (C=O) groups is 4. The Labute approximate surface area is 247 Å². The predicted octanol–water partition coefficient (Wildman–Crippen LogP) is 6.39. The second-order valence-corrected chi connectivity index (χ2v) is 14.8. The zero-order valence-corrected chi connectivity index (χ0v) is 27.7. The zero-order valence-electron chi connectivity index (χ0n) is 27.7. The van der Waals surface area contributed by atoms with Crippen molar-refractivity contribution < 1.29 is 38.1 Å². The number of amides is 1. The minimum absolute atomic E-state index is 0.103. The van der Waals surface area contributed by atoms with Crippen LogP contribution >= 0.6 is 0 Å². The van der Waals surface area contributed by atoms with E-state index in [-0.39, 0.29) is 24.9 Å². The molecule has 1 amide bonds. The van der Waals surface area contributed by atoms with Crippen molar-refractivity contribution in [2.45, 2.75) is 132 Å². The lowest BCUT2D eigenvalue weighted by atomic mass is 9.83. The Morgan fingerprint density at radius 3 is 1.73 bits per heavy atom. The molecule has 0 aromatic rings. The summed E-state index contributed by atoms with van der Waals surface area (Å²) >= 11 is 0. The third kappa shape index (κ3) is 13.1. The molecule has 234 valence electrons. The Morgan fingerprint density at radius 2 is 1.27 bits per heavy atom. The van der Waals surface area contributed by atoms with E-state index in [1.54, 1.807) is 81.4 Å². The molecule has 1 saturated heterocycles. The number of hydrogen-bond donors (Lipinski definition) is 0. The van der Waals surface area contributed by atoms with Gasteiger partial charge >= 0.3 is 24.0 Å². The molecule has 0 aromatic heterocycles. The lowest BCUT2D eigenvalue weighted by molar-refractivity contribution is -0.163. The maximum absolute atomic E-state index is 13.6. The average Bonchev–Trinajstić information content (AvgIpc) is 3.07. The molecule has 0 unspecified atom stereocenters. The maximum atomic E-state index is 13.6. The van der Waals surface area contributed by atoms with Crippen molar-refractivity contribution in [1.29, 1.82) is 0 Å². The number of likely N-dealkylation sites (tertiary alicyclic amines) is 1. The molecular weight excluding hydrogens is 526 g/mol. The topological polar surface area (TPSA) is 108 Å². The van der Waals surface area contributed by atoms with E-state index in [4.69, 9.17) is 18.9 Å². The number of esters is 3. The molecule has 1 heterocycles. The molecule has 0 aromatic carbocycles. The normalized spacial score (nSPS) is 21.5. The second-order valence-electron chi connectivity index (χ2n) is 14.8. The van der Waals surface area contributed by atoms with Gasteiger partial charge in [-0.1, -0.05) is 23.8 Å². The van der Waals surface area contributed by atoms with E-state index in [1.807, 2.05) is 33.8 Å². The third-order valence-corrected chi connectivity index (χ3v) is 5.87. The lowest BCUT2D eigenvalue weighted by Crippen LogP contribution is -2.48. The molecule has 0 aliphatic carbocycles. The van der Waals surface area contributed by atoms with E-state index in [0.29, 0.717) is 0 Å². The minimum atomic E-state index is -1.06. The van der Waals surface area contributed by atoms with Gasteiger partial charge < -0.3 is 18.9 Å². The van der Waals surface area contributed by atoms with Crippen molar-refractivity contribution in [1.82, 2.24) is 4.90 Å². The molecule has 1 rings (SSSR count). The average molecular weight is 580 g/mol. The van der Waals surface area contributed by atoms with Gasteiger partial charge in [-0.25, -0.2) is 9.59 Å². The van der Waals surface area contributed by atoms with Crippen molar-refractivity contribution in [2.75, 3.05) is 6.54 Å². The second kappa shape index (κ2) is 13.4. The Kier molecular flexibility index (Phi) is 11.8. The van der Waals surface area contributed by atoms with Crippen LogP contribution in [0.3, 0.4) is 0 Å². The summed E-state index contributed by atoms with van der Waals surface area (Å²) in [5, 5.41) is 0. The Hall–Kier alpha value is -2.84. The van der Waals surface area contributed by atoms with Gasteiger partial charge in [0.25, 0.3) is 0 Å². The molecule has 0 bridgehead atoms. The summed E-state index contributed by atoms with van der Waals surface area (Å²) in [5.74, 6) is -2.92. The minimum Gasteiger partial charge on any atom is -0.460 e.